The highest BCUT2D eigenvalue weighted by molar-refractivity contribution is 5.53. The second kappa shape index (κ2) is 9.64. The molecule has 2 N–H and O–H groups in total. The first-order chi connectivity index (χ1) is 16.7. The second-order valence-corrected chi connectivity index (χ2v) is 13.6. The van der Waals surface area contributed by atoms with Gasteiger partial charge in [0.05, 0.1) is 12.2 Å². The van der Waals surface area contributed by atoms with E-state index in [1.54, 1.807) is 0 Å². The van der Waals surface area contributed by atoms with E-state index in [2.05, 4.69) is 71.0 Å². The van der Waals surface area contributed by atoms with E-state index in [1.807, 2.05) is 0 Å². The van der Waals surface area contributed by atoms with Crippen molar-refractivity contribution in [1.82, 2.24) is 0 Å². The molecule has 194 valence electrons. The van der Waals surface area contributed by atoms with Gasteiger partial charge >= 0.3 is 0 Å². The summed E-state index contributed by atoms with van der Waals surface area (Å²) < 4.78 is 0. The Bertz CT molecular complexity index is 921. The highest BCUT2D eigenvalue weighted by atomic mass is 16.3. The van der Waals surface area contributed by atoms with Crippen LogP contribution in [0.15, 0.2) is 30.3 Å². The molecular formula is C33H50O2. The Balaban J connectivity index is 1.35. The van der Waals surface area contributed by atoms with Gasteiger partial charge in [0, 0.05) is 0 Å². The van der Waals surface area contributed by atoms with Crippen LogP contribution < -0.4 is 0 Å². The molecule has 4 saturated carbocycles. The lowest BCUT2D eigenvalue weighted by atomic mass is 9.41. The minimum absolute atomic E-state index is 0.163. The van der Waals surface area contributed by atoms with Crippen molar-refractivity contribution in [2.45, 2.75) is 105 Å². The van der Waals surface area contributed by atoms with Crippen molar-refractivity contribution in [3.8, 4) is 0 Å². The first kappa shape index (κ1) is 25.5. The van der Waals surface area contributed by atoms with Crippen molar-refractivity contribution < 1.29 is 10.2 Å². The number of benzene rings is 1. The molecule has 0 saturated heterocycles. The first-order valence-corrected chi connectivity index (χ1v) is 14.8. The number of allylic oxidation sites excluding steroid dienone is 1. The minimum Gasteiger partial charge on any atom is -0.393 e. The van der Waals surface area contributed by atoms with E-state index in [4.69, 9.17) is 0 Å². The summed E-state index contributed by atoms with van der Waals surface area (Å²) in [6.07, 6.45) is 14.8. The lowest BCUT2D eigenvalue weighted by molar-refractivity contribution is -0.203. The fourth-order valence-electron chi connectivity index (χ4n) is 10.3. The first-order valence-electron chi connectivity index (χ1n) is 14.8. The SMILES string of the molecule is CC[C@H]1[C@@H](O)[C@@H]2[C@H](CC[C@]3(C)[C@@H]([C@H](C)C/C=C/c4ccccc4C)CC[C@@H]23)[C@@]2(C)CC[C@@H](O)C[C@@H]12. The van der Waals surface area contributed by atoms with Crippen LogP contribution in [0.3, 0.4) is 0 Å². The summed E-state index contributed by atoms with van der Waals surface area (Å²) in [6.45, 7) is 12.1. The van der Waals surface area contributed by atoms with Crippen LogP contribution in [0, 0.1) is 59.2 Å². The summed E-state index contributed by atoms with van der Waals surface area (Å²) in [4.78, 5) is 0. The largest absolute Gasteiger partial charge is 0.393 e. The summed E-state index contributed by atoms with van der Waals surface area (Å²) in [5.41, 5.74) is 3.34. The molecule has 1 aromatic carbocycles. The number of hydrogen-bond acceptors (Lipinski definition) is 2. The monoisotopic (exact) mass is 478 g/mol. The van der Waals surface area contributed by atoms with Crippen LogP contribution in [0.4, 0.5) is 0 Å². The molecule has 4 aliphatic rings. The van der Waals surface area contributed by atoms with Gasteiger partial charge in [-0.15, -0.1) is 0 Å². The van der Waals surface area contributed by atoms with Crippen LogP contribution in [0.1, 0.15) is 96.6 Å². The van der Waals surface area contributed by atoms with E-state index in [9.17, 15) is 10.2 Å². The number of aryl methyl sites for hydroxylation is 1. The van der Waals surface area contributed by atoms with E-state index in [1.165, 1.54) is 36.8 Å². The summed E-state index contributed by atoms with van der Waals surface area (Å²) in [7, 11) is 0. The predicted octanol–water partition coefficient (Wildman–Crippen LogP) is 7.66. The molecule has 0 unspecified atom stereocenters. The van der Waals surface area contributed by atoms with Gasteiger partial charge < -0.3 is 10.2 Å². The van der Waals surface area contributed by atoms with Crippen molar-refractivity contribution in [1.29, 1.82) is 0 Å². The zero-order valence-corrected chi connectivity index (χ0v) is 22.9. The molecule has 0 spiro atoms. The Kier molecular flexibility index (Phi) is 7.03. The molecular weight excluding hydrogens is 428 g/mol. The highest BCUT2D eigenvalue weighted by Gasteiger charge is 2.64. The van der Waals surface area contributed by atoms with Gasteiger partial charge in [-0.1, -0.05) is 70.5 Å². The molecule has 2 nitrogen and oxygen atoms in total. The molecule has 0 radical (unpaired) electrons. The fraction of sp³-hybridized carbons (Fsp3) is 0.758. The lowest BCUT2D eigenvalue weighted by Gasteiger charge is -2.64. The lowest BCUT2D eigenvalue weighted by Crippen LogP contribution is -2.62. The number of aliphatic hydroxyl groups excluding tert-OH is 2. The van der Waals surface area contributed by atoms with Crippen LogP contribution in [0.5, 0.6) is 0 Å². The quantitative estimate of drug-likeness (QED) is 0.456. The third-order valence-electron chi connectivity index (χ3n) is 12.1. The highest BCUT2D eigenvalue weighted by Crippen LogP contribution is 2.69. The Labute approximate surface area is 214 Å². The Morgan fingerprint density at radius 1 is 0.971 bits per heavy atom. The molecule has 0 aliphatic heterocycles. The van der Waals surface area contributed by atoms with Crippen molar-refractivity contribution in [3.05, 3.63) is 41.5 Å². The van der Waals surface area contributed by atoms with E-state index >= 15 is 0 Å². The minimum atomic E-state index is -0.187. The predicted molar refractivity (Wildman–Crippen MR) is 146 cm³/mol. The van der Waals surface area contributed by atoms with E-state index in [0.717, 1.165) is 38.0 Å². The standard InChI is InChI=1S/C33H50O2/c1-6-25-29-20-24(34)16-18-33(29,5)28-17-19-32(4)26(14-15-27(32)30(28)31(25)35)22(3)11-9-13-23-12-8-7-10-21(23)2/h7-10,12-13,22,24-31,34-35H,6,11,14-20H2,1-5H3/b13-9+/t22-,24-,25-,26-,27+,28+,29+,30+,31-,32-,33-/m1/s1. The third kappa shape index (κ3) is 4.15. The Morgan fingerprint density at radius 2 is 1.69 bits per heavy atom. The zero-order valence-electron chi connectivity index (χ0n) is 22.9. The normalized spacial score (nSPS) is 46.1. The van der Waals surface area contributed by atoms with Crippen LogP contribution in [0.25, 0.3) is 6.08 Å². The van der Waals surface area contributed by atoms with Crippen LogP contribution in [-0.2, 0) is 0 Å². The van der Waals surface area contributed by atoms with Crippen LogP contribution >= 0.6 is 0 Å². The van der Waals surface area contributed by atoms with Gasteiger partial charge in [-0.25, -0.2) is 0 Å². The molecule has 11 atom stereocenters. The topological polar surface area (TPSA) is 40.5 Å². The molecule has 4 fully saturated rings. The molecule has 0 amide bonds. The number of rotatable bonds is 5. The number of fused-ring (bicyclic) bond motifs is 5. The third-order valence-corrected chi connectivity index (χ3v) is 12.1. The van der Waals surface area contributed by atoms with Crippen LogP contribution in [0.2, 0.25) is 0 Å². The van der Waals surface area contributed by atoms with Gasteiger partial charge in [0.1, 0.15) is 0 Å². The molecule has 1 aromatic rings. The summed E-state index contributed by atoms with van der Waals surface area (Å²) in [6, 6.07) is 8.67. The molecule has 4 aliphatic carbocycles. The van der Waals surface area contributed by atoms with Crippen molar-refractivity contribution in [2.75, 3.05) is 0 Å². The molecule has 35 heavy (non-hydrogen) atoms. The summed E-state index contributed by atoms with van der Waals surface area (Å²) >= 11 is 0. The zero-order chi connectivity index (χ0) is 25.0. The van der Waals surface area contributed by atoms with Gasteiger partial charge in [0.15, 0.2) is 0 Å². The van der Waals surface area contributed by atoms with Crippen molar-refractivity contribution >= 4 is 6.08 Å². The average Bonchev–Trinajstić information content (AvgIpc) is 3.19. The van der Waals surface area contributed by atoms with E-state index in [-0.39, 0.29) is 12.2 Å². The van der Waals surface area contributed by atoms with Crippen molar-refractivity contribution in [2.24, 2.45) is 52.3 Å². The molecule has 0 heterocycles. The van der Waals surface area contributed by atoms with Crippen molar-refractivity contribution in [3.63, 3.8) is 0 Å². The van der Waals surface area contributed by atoms with Gasteiger partial charge in [-0.3, -0.25) is 0 Å². The Hall–Kier alpha value is -1.12. The van der Waals surface area contributed by atoms with Gasteiger partial charge in [0.25, 0.3) is 0 Å². The summed E-state index contributed by atoms with van der Waals surface area (Å²) in [5, 5.41) is 22.4. The molecule has 0 aromatic heterocycles. The Morgan fingerprint density at radius 3 is 2.43 bits per heavy atom. The molecule has 2 heteroatoms. The second-order valence-electron chi connectivity index (χ2n) is 13.6. The number of aliphatic hydroxyl groups is 2. The fourth-order valence-corrected chi connectivity index (χ4v) is 10.3. The maximum Gasteiger partial charge on any atom is 0.0605 e. The summed E-state index contributed by atoms with van der Waals surface area (Å²) in [5.74, 6) is 4.01. The molecule has 0 bridgehead atoms. The smallest absolute Gasteiger partial charge is 0.0605 e. The number of hydrogen-bond donors (Lipinski definition) is 2. The van der Waals surface area contributed by atoms with E-state index in [0.29, 0.717) is 46.3 Å². The maximum absolute atomic E-state index is 11.9. The maximum atomic E-state index is 11.9. The van der Waals surface area contributed by atoms with Gasteiger partial charge in [-0.2, -0.15) is 0 Å². The van der Waals surface area contributed by atoms with Gasteiger partial charge in [-0.05, 0) is 122 Å². The molecule has 5 rings (SSSR count). The van der Waals surface area contributed by atoms with E-state index < -0.39 is 0 Å². The van der Waals surface area contributed by atoms with Gasteiger partial charge in [0.2, 0.25) is 0 Å². The average molecular weight is 479 g/mol. The van der Waals surface area contributed by atoms with Crippen LogP contribution in [-0.4, -0.2) is 22.4 Å².